The number of hydrogen-bond acceptors (Lipinski definition) is 4. The highest BCUT2D eigenvalue weighted by Gasteiger charge is 2.11. The average Bonchev–Trinajstić information content (AvgIpc) is 2.68. The maximum Gasteiger partial charge on any atom is 0.270 e. The minimum Gasteiger partial charge on any atom is -0.370 e. The summed E-state index contributed by atoms with van der Waals surface area (Å²) in [6.45, 7) is 2.50. The fourth-order valence-corrected chi connectivity index (χ4v) is 2.91. The number of nitrogens with zero attached hydrogens (tertiary/aromatic N) is 2. The number of hydrogen-bond donors (Lipinski definition) is 2. The van der Waals surface area contributed by atoms with Gasteiger partial charge in [-0.1, -0.05) is 48.0 Å². The lowest BCUT2D eigenvalue weighted by Gasteiger charge is -2.10. The molecule has 28 heavy (non-hydrogen) atoms. The Morgan fingerprint density at radius 2 is 1.79 bits per heavy atom. The van der Waals surface area contributed by atoms with Gasteiger partial charge in [0, 0.05) is 24.2 Å². The van der Waals surface area contributed by atoms with Gasteiger partial charge < -0.3 is 10.6 Å². The number of aryl methyl sites for hydroxylation is 1. The van der Waals surface area contributed by atoms with E-state index in [1.165, 1.54) is 6.07 Å². The highest BCUT2D eigenvalue weighted by molar-refractivity contribution is 6.31. The summed E-state index contributed by atoms with van der Waals surface area (Å²) in [5.74, 6) is 0.441. The van der Waals surface area contributed by atoms with Crippen LogP contribution in [0.25, 0.3) is 0 Å². The summed E-state index contributed by atoms with van der Waals surface area (Å²) in [6.07, 6.45) is 0.504. The number of amides is 1. The molecule has 0 aliphatic heterocycles. The third-order valence-electron chi connectivity index (χ3n) is 4.13. The Kier molecular flexibility index (Phi) is 6.55. The standard InChI is InChI=1S/C21H20ClFN4O/c1-14-26-19(21(28)25-13-16-7-2-4-8-17(16)22)12-20(27-14)24-11-10-15-6-3-5-9-18(15)23/h2-9,12H,10-11,13H2,1H3,(H,25,28)(H,24,26,27). The molecule has 0 aliphatic rings. The van der Waals surface area contributed by atoms with E-state index >= 15 is 0 Å². The molecule has 5 nitrogen and oxygen atoms in total. The molecule has 0 radical (unpaired) electrons. The number of anilines is 1. The van der Waals surface area contributed by atoms with Crippen LogP contribution in [0.2, 0.25) is 5.02 Å². The molecule has 0 bridgehead atoms. The van der Waals surface area contributed by atoms with E-state index in [1.54, 1.807) is 37.3 Å². The molecule has 0 atom stereocenters. The molecule has 3 aromatic rings. The summed E-state index contributed by atoms with van der Waals surface area (Å²) in [6, 6.07) is 15.5. The number of benzene rings is 2. The predicted octanol–water partition coefficient (Wildman–Crippen LogP) is 4.16. The fourth-order valence-electron chi connectivity index (χ4n) is 2.71. The first kappa shape index (κ1) is 19.8. The number of carbonyl (C=O) groups excluding carboxylic acids is 1. The molecule has 2 aromatic carbocycles. The van der Waals surface area contributed by atoms with Gasteiger partial charge in [-0.2, -0.15) is 0 Å². The number of carbonyl (C=O) groups is 1. The summed E-state index contributed by atoms with van der Waals surface area (Å²) in [7, 11) is 0. The molecule has 0 saturated carbocycles. The molecule has 1 aromatic heterocycles. The Hall–Kier alpha value is -2.99. The summed E-state index contributed by atoms with van der Waals surface area (Å²) < 4.78 is 13.7. The second-order valence-electron chi connectivity index (χ2n) is 6.23. The predicted molar refractivity (Wildman–Crippen MR) is 108 cm³/mol. The second-order valence-corrected chi connectivity index (χ2v) is 6.64. The highest BCUT2D eigenvalue weighted by Crippen LogP contribution is 2.15. The van der Waals surface area contributed by atoms with Crippen LogP contribution in [0.3, 0.4) is 0 Å². The summed E-state index contributed by atoms with van der Waals surface area (Å²) in [5.41, 5.74) is 1.71. The lowest BCUT2D eigenvalue weighted by Crippen LogP contribution is -2.24. The zero-order valence-corrected chi connectivity index (χ0v) is 16.1. The van der Waals surface area contributed by atoms with Crippen LogP contribution in [-0.2, 0) is 13.0 Å². The first-order chi connectivity index (χ1) is 13.5. The Morgan fingerprint density at radius 3 is 2.54 bits per heavy atom. The van der Waals surface area contributed by atoms with Crippen LogP contribution in [0.5, 0.6) is 0 Å². The molecule has 2 N–H and O–H groups in total. The number of halogens is 2. The minimum atomic E-state index is -0.317. The van der Waals surface area contributed by atoms with Crippen LogP contribution in [0.4, 0.5) is 10.2 Å². The van der Waals surface area contributed by atoms with Gasteiger partial charge in [0.2, 0.25) is 0 Å². The Labute approximate surface area is 168 Å². The maximum absolute atomic E-state index is 13.7. The van der Waals surface area contributed by atoms with Crippen molar-refractivity contribution in [3.63, 3.8) is 0 Å². The zero-order chi connectivity index (χ0) is 19.9. The van der Waals surface area contributed by atoms with E-state index in [4.69, 9.17) is 11.6 Å². The molecule has 1 amide bonds. The molecule has 0 aliphatic carbocycles. The van der Waals surface area contributed by atoms with Gasteiger partial charge in [0.1, 0.15) is 23.2 Å². The smallest absolute Gasteiger partial charge is 0.270 e. The van der Waals surface area contributed by atoms with Crippen LogP contribution in [0, 0.1) is 12.7 Å². The number of rotatable bonds is 7. The van der Waals surface area contributed by atoms with E-state index in [-0.39, 0.29) is 17.4 Å². The molecule has 3 rings (SSSR count). The van der Waals surface area contributed by atoms with Gasteiger partial charge in [-0.15, -0.1) is 0 Å². The van der Waals surface area contributed by atoms with Crippen molar-refractivity contribution in [1.82, 2.24) is 15.3 Å². The first-order valence-corrected chi connectivity index (χ1v) is 9.25. The van der Waals surface area contributed by atoms with Crippen LogP contribution < -0.4 is 10.6 Å². The molecular formula is C21H20ClFN4O. The van der Waals surface area contributed by atoms with E-state index < -0.39 is 0 Å². The topological polar surface area (TPSA) is 66.9 Å². The first-order valence-electron chi connectivity index (χ1n) is 8.87. The van der Waals surface area contributed by atoms with Crippen molar-refractivity contribution in [2.45, 2.75) is 19.9 Å². The van der Waals surface area contributed by atoms with E-state index in [0.717, 1.165) is 5.56 Å². The van der Waals surface area contributed by atoms with Crippen molar-refractivity contribution in [3.05, 3.63) is 88.1 Å². The Balaban J connectivity index is 1.61. The summed E-state index contributed by atoms with van der Waals surface area (Å²) in [4.78, 5) is 20.9. The Morgan fingerprint density at radius 1 is 1.07 bits per heavy atom. The average molecular weight is 399 g/mol. The van der Waals surface area contributed by atoms with Crippen LogP contribution in [0.15, 0.2) is 54.6 Å². The molecule has 7 heteroatoms. The normalized spacial score (nSPS) is 10.5. The lowest BCUT2D eigenvalue weighted by atomic mass is 10.1. The maximum atomic E-state index is 13.7. The van der Waals surface area contributed by atoms with Crippen molar-refractivity contribution in [2.24, 2.45) is 0 Å². The quantitative estimate of drug-likeness (QED) is 0.627. The molecule has 0 spiro atoms. The van der Waals surface area contributed by atoms with Gasteiger partial charge in [-0.3, -0.25) is 4.79 Å². The monoisotopic (exact) mass is 398 g/mol. The lowest BCUT2D eigenvalue weighted by molar-refractivity contribution is 0.0945. The van der Waals surface area contributed by atoms with Crippen LogP contribution >= 0.6 is 11.6 Å². The van der Waals surface area contributed by atoms with Crippen molar-refractivity contribution < 1.29 is 9.18 Å². The van der Waals surface area contributed by atoms with E-state index in [9.17, 15) is 9.18 Å². The molecule has 0 saturated heterocycles. The minimum absolute atomic E-state index is 0.234. The summed E-state index contributed by atoms with van der Waals surface area (Å²) in [5, 5.41) is 6.52. The zero-order valence-electron chi connectivity index (χ0n) is 15.4. The third kappa shape index (κ3) is 5.27. The van der Waals surface area contributed by atoms with Crippen molar-refractivity contribution in [1.29, 1.82) is 0 Å². The SMILES string of the molecule is Cc1nc(NCCc2ccccc2F)cc(C(=O)NCc2ccccc2Cl)n1. The van der Waals surface area contributed by atoms with E-state index in [2.05, 4.69) is 20.6 Å². The van der Waals surface area contributed by atoms with E-state index in [0.29, 0.717) is 41.7 Å². The fraction of sp³-hybridized carbons (Fsp3) is 0.190. The van der Waals surface area contributed by atoms with Crippen molar-refractivity contribution in [2.75, 3.05) is 11.9 Å². The van der Waals surface area contributed by atoms with Crippen LogP contribution in [0.1, 0.15) is 27.4 Å². The van der Waals surface area contributed by atoms with Gasteiger partial charge in [-0.05, 0) is 36.6 Å². The molecule has 144 valence electrons. The second kappa shape index (κ2) is 9.28. The van der Waals surface area contributed by atoms with E-state index in [1.807, 2.05) is 18.2 Å². The third-order valence-corrected chi connectivity index (χ3v) is 4.49. The van der Waals surface area contributed by atoms with Gasteiger partial charge in [0.05, 0.1) is 0 Å². The van der Waals surface area contributed by atoms with Crippen molar-refractivity contribution in [3.8, 4) is 0 Å². The number of nitrogens with one attached hydrogen (secondary N) is 2. The molecular weight excluding hydrogens is 379 g/mol. The summed E-state index contributed by atoms with van der Waals surface area (Å²) >= 11 is 6.11. The molecule has 1 heterocycles. The van der Waals surface area contributed by atoms with Gasteiger partial charge in [0.25, 0.3) is 5.91 Å². The van der Waals surface area contributed by atoms with Gasteiger partial charge in [0.15, 0.2) is 0 Å². The Bertz CT molecular complexity index is 980. The van der Waals surface area contributed by atoms with Crippen LogP contribution in [-0.4, -0.2) is 22.4 Å². The van der Waals surface area contributed by atoms with Gasteiger partial charge in [-0.25, -0.2) is 14.4 Å². The number of aromatic nitrogens is 2. The van der Waals surface area contributed by atoms with Crippen molar-refractivity contribution >= 4 is 23.3 Å². The van der Waals surface area contributed by atoms with Gasteiger partial charge >= 0.3 is 0 Å². The largest absolute Gasteiger partial charge is 0.370 e. The molecule has 0 unspecified atom stereocenters. The molecule has 0 fully saturated rings. The highest BCUT2D eigenvalue weighted by atomic mass is 35.5.